The van der Waals surface area contributed by atoms with Crippen LogP contribution in [0, 0.1) is 35.0 Å². The average molecular weight is 293 g/mol. The quantitative estimate of drug-likeness (QED) is 0.639. The molecule has 1 amide bonds. The number of hydrogen-bond donors (Lipinski definition) is 1. The van der Waals surface area contributed by atoms with E-state index in [-0.39, 0.29) is 5.91 Å². The van der Waals surface area contributed by atoms with E-state index >= 15 is 0 Å². The van der Waals surface area contributed by atoms with Crippen LogP contribution >= 0.6 is 0 Å². The van der Waals surface area contributed by atoms with Crippen molar-refractivity contribution in [1.29, 1.82) is 0 Å². The second kappa shape index (κ2) is 4.99. The van der Waals surface area contributed by atoms with Gasteiger partial charge in [0.15, 0.2) is 0 Å². The van der Waals surface area contributed by atoms with Crippen LogP contribution in [0.3, 0.4) is 0 Å². The number of ether oxygens (including phenoxy) is 1. The number of hydrogen-bond acceptors (Lipinski definition) is 3. The molecule has 0 radical (unpaired) electrons. The fourth-order valence-corrected chi connectivity index (χ4v) is 4.85. The Labute approximate surface area is 127 Å². The van der Waals surface area contributed by atoms with Crippen LogP contribution in [0.25, 0.3) is 0 Å². The van der Waals surface area contributed by atoms with E-state index in [1.54, 1.807) is 6.92 Å². The molecule has 4 heteroatoms. The largest absolute Gasteiger partial charge is 0.465 e. The summed E-state index contributed by atoms with van der Waals surface area (Å²) in [4.78, 5) is 24.7. The van der Waals surface area contributed by atoms with E-state index in [0.29, 0.717) is 24.5 Å². The number of rotatable bonds is 4. The maximum Gasteiger partial charge on any atom is 0.319 e. The third kappa shape index (κ3) is 2.47. The van der Waals surface area contributed by atoms with E-state index in [1.807, 2.05) is 20.8 Å². The molecule has 3 saturated carbocycles. The first-order chi connectivity index (χ1) is 9.84. The van der Waals surface area contributed by atoms with Crippen molar-refractivity contribution >= 4 is 11.9 Å². The molecular weight excluding hydrogens is 266 g/mol. The molecule has 4 nitrogen and oxygen atoms in total. The van der Waals surface area contributed by atoms with Gasteiger partial charge in [-0.15, -0.1) is 0 Å². The predicted molar refractivity (Wildman–Crippen MR) is 79.3 cm³/mol. The molecule has 0 aliphatic heterocycles. The fourth-order valence-electron chi connectivity index (χ4n) is 4.85. The molecule has 5 unspecified atom stereocenters. The molecule has 5 atom stereocenters. The van der Waals surface area contributed by atoms with E-state index in [9.17, 15) is 9.59 Å². The van der Waals surface area contributed by atoms with E-state index in [1.165, 1.54) is 19.3 Å². The van der Waals surface area contributed by atoms with Crippen molar-refractivity contribution in [2.24, 2.45) is 35.0 Å². The van der Waals surface area contributed by atoms with Crippen molar-refractivity contribution < 1.29 is 14.3 Å². The minimum absolute atomic E-state index is 0.139. The van der Waals surface area contributed by atoms with Gasteiger partial charge in [0.1, 0.15) is 5.92 Å². The number of carbonyl (C=O) groups excluding carboxylic acids is 2. The summed E-state index contributed by atoms with van der Waals surface area (Å²) in [5, 5.41) is 3.16. The molecule has 3 rings (SSSR count). The first-order valence-corrected chi connectivity index (χ1v) is 8.31. The van der Waals surface area contributed by atoms with E-state index in [2.05, 4.69) is 5.32 Å². The highest BCUT2D eigenvalue weighted by Gasteiger charge is 2.65. The monoisotopic (exact) mass is 293 g/mol. The Bertz CT molecular complexity index is 437. The van der Waals surface area contributed by atoms with Crippen LogP contribution in [-0.4, -0.2) is 24.5 Å². The molecule has 0 aromatic heterocycles. The van der Waals surface area contributed by atoms with Gasteiger partial charge in [-0.2, -0.15) is 0 Å². The van der Waals surface area contributed by atoms with Crippen molar-refractivity contribution in [2.45, 2.75) is 53.0 Å². The third-order valence-corrected chi connectivity index (χ3v) is 5.69. The van der Waals surface area contributed by atoms with Gasteiger partial charge in [0.2, 0.25) is 5.91 Å². The highest BCUT2D eigenvalue weighted by Crippen LogP contribution is 2.65. The van der Waals surface area contributed by atoms with Gasteiger partial charge < -0.3 is 10.1 Å². The SMILES string of the molecule is CCOC(=O)C(C(=O)NC1C2C3CCC(C3)C12)C(C)(C)C. The summed E-state index contributed by atoms with van der Waals surface area (Å²) in [5.41, 5.74) is -0.417. The normalized spacial score (nSPS) is 37.8. The molecule has 3 aliphatic carbocycles. The van der Waals surface area contributed by atoms with Crippen molar-refractivity contribution in [2.75, 3.05) is 6.61 Å². The lowest BCUT2D eigenvalue weighted by atomic mass is 9.80. The second-order valence-electron chi connectivity index (χ2n) is 8.07. The zero-order chi connectivity index (χ0) is 15.4. The third-order valence-electron chi connectivity index (χ3n) is 5.69. The molecule has 0 aromatic carbocycles. The second-order valence-corrected chi connectivity index (χ2v) is 8.07. The Morgan fingerprint density at radius 1 is 1.19 bits per heavy atom. The Hall–Kier alpha value is -1.06. The van der Waals surface area contributed by atoms with Crippen LogP contribution in [0.5, 0.6) is 0 Å². The van der Waals surface area contributed by atoms with Gasteiger partial charge in [-0.25, -0.2) is 0 Å². The average Bonchev–Trinajstić information content (AvgIpc) is 2.77. The van der Waals surface area contributed by atoms with Crippen molar-refractivity contribution in [3.63, 3.8) is 0 Å². The summed E-state index contributed by atoms with van der Waals surface area (Å²) in [6.45, 7) is 7.86. The summed E-state index contributed by atoms with van der Waals surface area (Å²) in [6, 6.07) is 0.322. The van der Waals surface area contributed by atoms with Crippen LogP contribution in [-0.2, 0) is 14.3 Å². The number of esters is 1. The highest BCUT2D eigenvalue weighted by atomic mass is 16.5. The highest BCUT2D eigenvalue weighted by molar-refractivity contribution is 5.98. The summed E-state index contributed by atoms with van der Waals surface area (Å²) in [6.07, 6.45) is 4.03. The Balaban J connectivity index is 1.64. The molecule has 0 aromatic rings. The zero-order valence-electron chi connectivity index (χ0n) is 13.5. The molecule has 3 aliphatic rings. The maximum atomic E-state index is 12.6. The Kier molecular flexibility index (Phi) is 3.53. The minimum atomic E-state index is -0.712. The molecular formula is C17H27NO3. The number of fused-ring (bicyclic) bond motifs is 5. The first kappa shape index (κ1) is 14.9. The molecule has 1 N–H and O–H groups in total. The molecule has 21 heavy (non-hydrogen) atoms. The molecule has 0 spiro atoms. The topological polar surface area (TPSA) is 55.4 Å². The van der Waals surface area contributed by atoms with Crippen LogP contribution in [0.4, 0.5) is 0 Å². The summed E-state index contributed by atoms with van der Waals surface area (Å²) < 4.78 is 5.10. The molecule has 0 saturated heterocycles. The standard InChI is InChI=1S/C17H27NO3/c1-5-21-16(20)13(17(2,3)4)15(19)18-14-11-9-6-7-10(8-9)12(11)14/h9-14H,5-8H2,1-4H3,(H,18,19). The number of nitrogens with one attached hydrogen (secondary N) is 1. The van der Waals surface area contributed by atoms with Crippen LogP contribution < -0.4 is 5.32 Å². The fraction of sp³-hybridized carbons (Fsp3) is 0.882. The van der Waals surface area contributed by atoms with Crippen molar-refractivity contribution in [3.8, 4) is 0 Å². The molecule has 118 valence electrons. The van der Waals surface area contributed by atoms with E-state index in [4.69, 9.17) is 4.74 Å². The minimum Gasteiger partial charge on any atom is -0.465 e. The summed E-state index contributed by atoms with van der Waals surface area (Å²) in [5.74, 6) is 1.78. The zero-order valence-corrected chi connectivity index (χ0v) is 13.5. The Morgan fingerprint density at radius 2 is 1.76 bits per heavy atom. The van der Waals surface area contributed by atoms with Gasteiger partial charge in [-0.3, -0.25) is 9.59 Å². The van der Waals surface area contributed by atoms with E-state index < -0.39 is 17.3 Å². The van der Waals surface area contributed by atoms with Crippen LogP contribution in [0.15, 0.2) is 0 Å². The lowest BCUT2D eigenvalue weighted by Crippen LogP contribution is -2.45. The van der Waals surface area contributed by atoms with Gasteiger partial charge in [-0.1, -0.05) is 20.8 Å². The van der Waals surface area contributed by atoms with Gasteiger partial charge >= 0.3 is 5.97 Å². The van der Waals surface area contributed by atoms with Gasteiger partial charge in [0.25, 0.3) is 0 Å². The summed E-state index contributed by atoms with van der Waals surface area (Å²) >= 11 is 0. The van der Waals surface area contributed by atoms with Gasteiger partial charge in [0, 0.05) is 6.04 Å². The maximum absolute atomic E-state index is 12.6. The van der Waals surface area contributed by atoms with Crippen LogP contribution in [0.1, 0.15) is 47.0 Å². The smallest absolute Gasteiger partial charge is 0.319 e. The van der Waals surface area contributed by atoms with Crippen molar-refractivity contribution in [1.82, 2.24) is 5.32 Å². The first-order valence-electron chi connectivity index (χ1n) is 8.31. The lowest BCUT2D eigenvalue weighted by molar-refractivity contribution is -0.156. The summed E-state index contributed by atoms with van der Waals surface area (Å²) in [7, 11) is 0. The number of carbonyl (C=O) groups is 2. The van der Waals surface area contributed by atoms with Crippen molar-refractivity contribution in [3.05, 3.63) is 0 Å². The predicted octanol–water partition coefficient (Wildman–Crippen LogP) is 2.37. The van der Waals surface area contributed by atoms with Crippen LogP contribution in [0.2, 0.25) is 0 Å². The molecule has 0 heterocycles. The van der Waals surface area contributed by atoms with E-state index in [0.717, 1.165) is 11.8 Å². The molecule has 2 bridgehead atoms. The lowest BCUT2D eigenvalue weighted by Gasteiger charge is -2.28. The number of amides is 1. The Morgan fingerprint density at radius 3 is 2.24 bits per heavy atom. The van der Waals surface area contributed by atoms with Gasteiger partial charge in [0.05, 0.1) is 6.61 Å². The van der Waals surface area contributed by atoms with Gasteiger partial charge in [-0.05, 0) is 55.3 Å². The molecule has 3 fully saturated rings.